The number of carbonyl (C=O) groups excluding carboxylic acids is 1. The molecule has 0 bridgehead atoms. The van der Waals surface area contributed by atoms with Crippen LogP contribution >= 0.6 is 0 Å². The van der Waals surface area contributed by atoms with Crippen molar-refractivity contribution >= 4 is 5.97 Å². The summed E-state index contributed by atoms with van der Waals surface area (Å²) in [6, 6.07) is 0. The van der Waals surface area contributed by atoms with Gasteiger partial charge in [0, 0.05) is 44.3 Å². The van der Waals surface area contributed by atoms with Gasteiger partial charge in [-0.25, -0.2) is 0 Å². The molecule has 6 heteroatoms. The maximum Gasteiger partial charge on any atom is 0.306 e. The number of esters is 1. The van der Waals surface area contributed by atoms with E-state index in [1.165, 1.54) is 0 Å². The van der Waals surface area contributed by atoms with Crippen molar-refractivity contribution in [1.29, 1.82) is 0 Å². The van der Waals surface area contributed by atoms with E-state index in [1.807, 2.05) is 6.92 Å². The van der Waals surface area contributed by atoms with Gasteiger partial charge in [0.1, 0.15) is 6.10 Å². The van der Waals surface area contributed by atoms with Crippen molar-refractivity contribution in [3.8, 4) is 11.8 Å². The van der Waals surface area contributed by atoms with Crippen LogP contribution < -0.4 is 0 Å². The average Bonchev–Trinajstić information content (AvgIpc) is 3.29. The first kappa shape index (κ1) is 22.8. The molecule has 0 N–H and O–H groups in total. The molecule has 4 fully saturated rings. The van der Waals surface area contributed by atoms with Crippen LogP contribution in [-0.4, -0.2) is 50.1 Å². The highest BCUT2D eigenvalue weighted by molar-refractivity contribution is 5.72. The van der Waals surface area contributed by atoms with Crippen LogP contribution in [0.2, 0.25) is 0 Å². The molecule has 0 spiro atoms. The smallest absolute Gasteiger partial charge is 0.306 e. The molecule has 0 radical (unpaired) electrons. The Labute approximate surface area is 186 Å². The second kappa shape index (κ2) is 11.5. The SMILES string of the molecule is CCC#CC[C@@H](C=C[C@@H]1[C@H]2CC(=O)O[C@H]2C[C@H]1OC1CCCCO1)OC1CCCCO1. The Hall–Kier alpha value is -1.39. The normalized spacial score (nSPS) is 36.6. The van der Waals surface area contributed by atoms with Crippen molar-refractivity contribution in [3.05, 3.63) is 12.2 Å². The molecule has 0 aromatic carbocycles. The van der Waals surface area contributed by atoms with Gasteiger partial charge in [0.05, 0.1) is 18.6 Å². The van der Waals surface area contributed by atoms with Gasteiger partial charge >= 0.3 is 5.97 Å². The molecule has 0 amide bonds. The summed E-state index contributed by atoms with van der Waals surface area (Å²) in [5.74, 6) is 6.53. The summed E-state index contributed by atoms with van der Waals surface area (Å²) in [7, 11) is 0. The van der Waals surface area contributed by atoms with Crippen LogP contribution in [0.4, 0.5) is 0 Å². The minimum atomic E-state index is -0.165. The summed E-state index contributed by atoms with van der Waals surface area (Å²) in [6.45, 7) is 3.56. The fourth-order valence-electron chi connectivity index (χ4n) is 5.05. The monoisotopic (exact) mass is 432 g/mol. The first-order valence-corrected chi connectivity index (χ1v) is 12.1. The molecule has 3 saturated heterocycles. The molecule has 4 rings (SSSR count). The van der Waals surface area contributed by atoms with Crippen molar-refractivity contribution in [2.75, 3.05) is 13.2 Å². The number of ether oxygens (including phenoxy) is 5. The second-order valence-corrected chi connectivity index (χ2v) is 8.95. The molecule has 172 valence electrons. The standard InChI is InChI=1S/C25H36O6/c1-2-3-4-9-18(29-24-10-5-7-14-27-24)12-13-19-20-16-23(26)30-22(20)17-21(19)31-25-11-6-8-15-28-25/h12-13,18-22,24-25H,2,5-11,14-17H2,1H3/t18-,19+,20+,21+,22-,24?,25?/m0/s1. The molecule has 0 aromatic rings. The van der Waals surface area contributed by atoms with Gasteiger partial charge in [-0.05, 0) is 38.5 Å². The fourth-order valence-corrected chi connectivity index (χ4v) is 5.05. The average molecular weight is 433 g/mol. The Balaban J connectivity index is 1.44. The number of hydrogen-bond donors (Lipinski definition) is 0. The number of hydrogen-bond acceptors (Lipinski definition) is 6. The largest absolute Gasteiger partial charge is 0.462 e. The van der Waals surface area contributed by atoms with E-state index in [4.69, 9.17) is 23.7 Å². The van der Waals surface area contributed by atoms with Crippen molar-refractivity contribution in [2.45, 2.75) is 102 Å². The van der Waals surface area contributed by atoms with E-state index < -0.39 is 0 Å². The van der Waals surface area contributed by atoms with E-state index in [0.29, 0.717) is 12.8 Å². The van der Waals surface area contributed by atoms with Crippen molar-refractivity contribution in [3.63, 3.8) is 0 Å². The minimum absolute atomic E-state index is 0.00393. The maximum absolute atomic E-state index is 11.9. The Morgan fingerprint density at radius 3 is 2.58 bits per heavy atom. The highest BCUT2D eigenvalue weighted by atomic mass is 16.7. The molecule has 3 heterocycles. The van der Waals surface area contributed by atoms with Gasteiger partial charge in [0.2, 0.25) is 0 Å². The Morgan fingerprint density at radius 1 is 1.10 bits per heavy atom. The van der Waals surface area contributed by atoms with E-state index in [0.717, 1.165) is 64.6 Å². The summed E-state index contributed by atoms with van der Waals surface area (Å²) >= 11 is 0. The Morgan fingerprint density at radius 2 is 1.87 bits per heavy atom. The molecule has 6 nitrogen and oxygen atoms in total. The third kappa shape index (κ3) is 6.32. The van der Waals surface area contributed by atoms with Gasteiger partial charge in [0.15, 0.2) is 12.6 Å². The van der Waals surface area contributed by atoms with Crippen LogP contribution in [0, 0.1) is 23.7 Å². The highest BCUT2D eigenvalue weighted by Crippen LogP contribution is 2.44. The van der Waals surface area contributed by atoms with Crippen LogP contribution in [0.3, 0.4) is 0 Å². The molecule has 0 aromatic heterocycles. The van der Waals surface area contributed by atoms with Gasteiger partial charge in [-0.15, -0.1) is 11.8 Å². The van der Waals surface area contributed by atoms with Crippen molar-refractivity contribution in [1.82, 2.24) is 0 Å². The van der Waals surface area contributed by atoms with Crippen LogP contribution in [0.25, 0.3) is 0 Å². The number of carbonyl (C=O) groups is 1. The fraction of sp³-hybridized carbons (Fsp3) is 0.800. The quantitative estimate of drug-likeness (QED) is 0.343. The van der Waals surface area contributed by atoms with Gasteiger partial charge < -0.3 is 23.7 Å². The zero-order valence-corrected chi connectivity index (χ0v) is 18.6. The van der Waals surface area contributed by atoms with Gasteiger partial charge in [0.25, 0.3) is 0 Å². The number of fused-ring (bicyclic) bond motifs is 1. The van der Waals surface area contributed by atoms with Crippen LogP contribution in [0.15, 0.2) is 12.2 Å². The Bertz CT molecular complexity index is 667. The molecule has 1 saturated carbocycles. The predicted molar refractivity (Wildman–Crippen MR) is 115 cm³/mol. The molecule has 7 atom stereocenters. The predicted octanol–water partition coefficient (Wildman–Crippen LogP) is 4.12. The maximum atomic E-state index is 11.9. The topological polar surface area (TPSA) is 63.2 Å². The van der Waals surface area contributed by atoms with E-state index in [2.05, 4.69) is 24.0 Å². The van der Waals surface area contributed by atoms with E-state index >= 15 is 0 Å². The molecular formula is C25H36O6. The lowest BCUT2D eigenvalue weighted by Crippen LogP contribution is -2.31. The molecule has 3 aliphatic heterocycles. The van der Waals surface area contributed by atoms with E-state index in [9.17, 15) is 4.79 Å². The van der Waals surface area contributed by atoms with Gasteiger partial charge in [-0.1, -0.05) is 19.1 Å². The summed E-state index contributed by atoms with van der Waals surface area (Å²) in [5, 5.41) is 0. The number of rotatable bonds is 7. The zero-order valence-electron chi connectivity index (χ0n) is 18.6. The first-order chi connectivity index (χ1) is 15.2. The van der Waals surface area contributed by atoms with Crippen molar-refractivity contribution < 1.29 is 28.5 Å². The summed E-state index contributed by atoms with van der Waals surface area (Å²) < 4.78 is 29.8. The van der Waals surface area contributed by atoms with Gasteiger partial charge in [-0.2, -0.15) is 0 Å². The third-order valence-corrected chi connectivity index (χ3v) is 6.63. The summed E-state index contributed by atoms with van der Waals surface area (Å²) in [4.78, 5) is 11.9. The lowest BCUT2D eigenvalue weighted by atomic mass is 9.91. The van der Waals surface area contributed by atoms with Gasteiger partial charge in [-0.3, -0.25) is 4.79 Å². The summed E-state index contributed by atoms with van der Waals surface area (Å²) in [6.07, 6.45) is 12.7. The minimum Gasteiger partial charge on any atom is -0.462 e. The molecule has 4 aliphatic rings. The van der Waals surface area contributed by atoms with E-state index in [-0.39, 0.29) is 48.7 Å². The summed E-state index contributed by atoms with van der Waals surface area (Å²) in [5.41, 5.74) is 0. The molecule has 1 aliphatic carbocycles. The lowest BCUT2D eigenvalue weighted by molar-refractivity contribution is -0.194. The Kier molecular flexibility index (Phi) is 8.43. The second-order valence-electron chi connectivity index (χ2n) is 8.95. The lowest BCUT2D eigenvalue weighted by Gasteiger charge is -2.29. The van der Waals surface area contributed by atoms with Crippen LogP contribution in [0.1, 0.15) is 71.1 Å². The highest BCUT2D eigenvalue weighted by Gasteiger charge is 2.50. The molecular weight excluding hydrogens is 396 g/mol. The zero-order chi connectivity index (χ0) is 21.5. The van der Waals surface area contributed by atoms with Crippen LogP contribution in [0.5, 0.6) is 0 Å². The van der Waals surface area contributed by atoms with Crippen molar-refractivity contribution in [2.24, 2.45) is 11.8 Å². The van der Waals surface area contributed by atoms with Crippen LogP contribution in [-0.2, 0) is 28.5 Å². The first-order valence-electron chi connectivity index (χ1n) is 12.1. The van der Waals surface area contributed by atoms with E-state index in [1.54, 1.807) is 0 Å². The molecule has 2 unspecified atom stereocenters. The molecule has 31 heavy (non-hydrogen) atoms. The third-order valence-electron chi connectivity index (χ3n) is 6.63.